The van der Waals surface area contributed by atoms with Gasteiger partial charge in [0.2, 0.25) is 0 Å². The number of carbonyl (C=O) groups excluding carboxylic acids is 2. The molecule has 1 N–H and O–H groups in total. The van der Waals surface area contributed by atoms with Gasteiger partial charge in [-0.3, -0.25) is 9.69 Å². The minimum absolute atomic E-state index is 0.0460. The van der Waals surface area contributed by atoms with Crippen LogP contribution in [0.2, 0.25) is 0 Å². The van der Waals surface area contributed by atoms with Gasteiger partial charge in [-0.05, 0) is 31.2 Å². The summed E-state index contributed by atoms with van der Waals surface area (Å²) in [5.74, 6) is 1.96. The molecule has 3 amide bonds. The number of nitrogens with one attached hydrogen (secondary N) is 1. The van der Waals surface area contributed by atoms with Crippen molar-refractivity contribution in [2.75, 3.05) is 12.3 Å². The maximum Gasteiger partial charge on any atom is 0.325 e. The molecule has 1 aliphatic carbocycles. The number of hydrogen-bond acceptors (Lipinski definition) is 3. The monoisotopic (exact) mass is 304 g/mol. The van der Waals surface area contributed by atoms with E-state index in [2.05, 4.69) is 17.4 Å². The molecule has 0 bridgehead atoms. The van der Waals surface area contributed by atoms with Gasteiger partial charge < -0.3 is 5.32 Å². The molecule has 5 heteroatoms. The van der Waals surface area contributed by atoms with E-state index in [0.717, 1.165) is 24.3 Å². The Kier molecular flexibility index (Phi) is 3.93. The predicted octanol–water partition coefficient (Wildman–Crippen LogP) is 2.64. The number of nitrogens with zero attached hydrogens (tertiary/aromatic N) is 1. The van der Waals surface area contributed by atoms with E-state index in [9.17, 15) is 9.59 Å². The van der Waals surface area contributed by atoms with Gasteiger partial charge in [0, 0.05) is 18.1 Å². The van der Waals surface area contributed by atoms with Gasteiger partial charge in [-0.25, -0.2) is 4.79 Å². The normalized spacial score (nSPS) is 25.3. The molecule has 1 aliphatic heterocycles. The standard InChI is InChI=1S/C16H20N2O2S/c1-16(13-7-8-13)14(19)18(15(20)17-16)9-10-21-11-12-5-3-2-4-6-12/h2-6,13H,7-11H2,1H3,(H,17,20). The second kappa shape index (κ2) is 5.72. The van der Waals surface area contributed by atoms with Crippen molar-refractivity contribution < 1.29 is 9.59 Å². The zero-order valence-corrected chi connectivity index (χ0v) is 13.0. The number of urea groups is 1. The van der Waals surface area contributed by atoms with Gasteiger partial charge in [0.1, 0.15) is 5.54 Å². The summed E-state index contributed by atoms with van der Waals surface area (Å²) >= 11 is 1.75. The average molecular weight is 304 g/mol. The highest BCUT2D eigenvalue weighted by Crippen LogP contribution is 2.42. The molecule has 1 heterocycles. The molecule has 1 aromatic rings. The highest BCUT2D eigenvalue weighted by Gasteiger charge is 2.55. The predicted molar refractivity (Wildman–Crippen MR) is 84.0 cm³/mol. The van der Waals surface area contributed by atoms with Crippen LogP contribution in [0.25, 0.3) is 0 Å². The maximum absolute atomic E-state index is 12.4. The molecule has 0 radical (unpaired) electrons. The molecule has 2 aliphatic rings. The van der Waals surface area contributed by atoms with Crippen LogP contribution in [0, 0.1) is 5.92 Å². The van der Waals surface area contributed by atoms with Gasteiger partial charge in [0.15, 0.2) is 0 Å². The number of benzene rings is 1. The third-order valence-electron chi connectivity index (χ3n) is 4.27. The van der Waals surface area contributed by atoms with Crippen molar-refractivity contribution in [1.29, 1.82) is 0 Å². The van der Waals surface area contributed by atoms with Gasteiger partial charge in [0.05, 0.1) is 0 Å². The third kappa shape index (κ3) is 2.93. The Morgan fingerprint density at radius 3 is 2.67 bits per heavy atom. The minimum atomic E-state index is -0.652. The van der Waals surface area contributed by atoms with Crippen molar-refractivity contribution >= 4 is 23.7 Å². The molecular formula is C16H20N2O2S. The maximum atomic E-state index is 12.4. The van der Waals surface area contributed by atoms with Crippen molar-refractivity contribution in [2.45, 2.75) is 31.1 Å². The number of thioether (sulfide) groups is 1. The fourth-order valence-electron chi connectivity index (χ4n) is 2.78. The first-order valence-electron chi connectivity index (χ1n) is 7.37. The van der Waals surface area contributed by atoms with Gasteiger partial charge in [-0.2, -0.15) is 11.8 Å². The summed E-state index contributed by atoms with van der Waals surface area (Å²) in [6.07, 6.45) is 2.08. The second-order valence-electron chi connectivity index (χ2n) is 5.90. The van der Waals surface area contributed by atoms with Crippen molar-refractivity contribution in [1.82, 2.24) is 10.2 Å². The van der Waals surface area contributed by atoms with Crippen LogP contribution in [0.15, 0.2) is 30.3 Å². The smallest absolute Gasteiger partial charge is 0.323 e. The molecule has 0 spiro atoms. The molecule has 1 saturated carbocycles. The summed E-state index contributed by atoms with van der Waals surface area (Å²) in [5, 5.41) is 2.88. The highest BCUT2D eigenvalue weighted by molar-refractivity contribution is 7.98. The van der Waals surface area contributed by atoms with Crippen LogP contribution in [0.4, 0.5) is 4.79 Å². The highest BCUT2D eigenvalue weighted by atomic mass is 32.2. The molecule has 3 rings (SSSR count). The lowest BCUT2D eigenvalue weighted by atomic mass is 9.96. The van der Waals surface area contributed by atoms with E-state index in [4.69, 9.17) is 0 Å². The topological polar surface area (TPSA) is 49.4 Å². The summed E-state index contributed by atoms with van der Waals surface area (Å²) in [6.45, 7) is 2.35. The largest absolute Gasteiger partial charge is 0.325 e. The Morgan fingerprint density at radius 2 is 2.00 bits per heavy atom. The first-order chi connectivity index (χ1) is 10.1. The average Bonchev–Trinajstić information content (AvgIpc) is 3.29. The summed E-state index contributed by atoms with van der Waals surface area (Å²) in [6, 6.07) is 9.99. The third-order valence-corrected chi connectivity index (χ3v) is 5.27. The van der Waals surface area contributed by atoms with Crippen LogP contribution in [-0.4, -0.2) is 34.7 Å². The van der Waals surface area contributed by atoms with Crippen LogP contribution in [-0.2, 0) is 10.5 Å². The van der Waals surface area contributed by atoms with Crippen LogP contribution < -0.4 is 5.32 Å². The lowest BCUT2D eigenvalue weighted by molar-refractivity contribution is -0.131. The Morgan fingerprint density at radius 1 is 1.29 bits per heavy atom. The van der Waals surface area contributed by atoms with Crippen LogP contribution >= 0.6 is 11.8 Å². The number of hydrogen-bond donors (Lipinski definition) is 1. The SMILES string of the molecule is CC1(C2CC2)NC(=O)N(CCSCc2ccccc2)C1=O. The zero-order chi connectivity index (χ0) is 14.9. The molecule has 2 fully saturated rings. The number of carbonyl (C=O) groups is 2. The Bertz CT molecular complexity index is 544. The summed E-state index contributed by atoms with van der Waals surface area (Å²) in [7, 11) is 0. The van der Waals surface area contributed by atoms with Crippen molar-refractivity contribution in [2.24, 2.45) is 5.92 Å². The second-order valence-corrected chi connectivity index (χ2v) is 7.01. The molecule has 1 unspecified atom stereocenters. The van der Waals surface area contributed by atoms with Gasteiger partial charge in [0.25, 0.3) is 5.91 Å². The van der Waals surface area contributed by atoms with E-state index in [1.54, 1.807) is 11.8 Å². The minimum Gasteiger partial charge on any atom is -0.323 e. The van der Waals surface area contributed by atoms with Crippen molar-refractivity contribution in [3.63, 3.8) is 0 Å². The molecule has 21 heavy (non-hydrogen) atoms. The molecule has 112 valence electrons. The first kappa shape index (κ1) is 14.4. The summed E-state index contributed by atoms with van der Waals surface area (Å²) in [4.78, 5) is 25.8. The van der Waals surface area contributed by atoms with Gasteiger partial charge in [-0.1, -0.05) is 30.3 Å². The van der Waals surface area contributed by atoms with E-state index < -0.39 is 5.54 Å². The number of imide groups is 1. The van der Waals surface area contributed by atoms with Crippen LogP contribution in [0.3, 0.4) is 0 Å². The molecule has 1 aromatic carbocycles. The van der Waals surface area contributed by atoms with E-state index in [-0.39, 0.29) is 11.9 Å². The van der Waals surface area contributed by atoms with E-state index in [0.29, 0.717) is 12.5 Å². The zero-order valence-electron chi connectivity index (χ0n) is 12.2. The van der Waals surface area contributed by atoms with E-state index in [1.807, 2.05) is 25.1 Å². The fraction of sp³-hybridized carbons (Fsp3) is 0.500. The van der Waals surface area contributed by atoms with Crippen molar-refractivity contribution in [3.8, 4) is 0 Å². The lowest BCUT2D eigenvalue weighted by Crippen LogP contribution is -2.46. The van der Waals surface area contributed by atoms with Crippen LogP contribution in [0.1, 0.15) is 25.3 Å². The van der Waals surface area contributed by atoms with E-state index >= 15 is 0 Å². The number of rotatable bonds is 6. The quantitative estimate of drug-likeness (QED) is 0.649. The van der Waals surface area contributed by atoms with E-state index in [1.165, 1.54) is 10.5 Å². The number of amides is 3. The fourth-order valence-corrected chi connectivity index (χ4v) is 3.66. The van der Waals surface area contributed by atoms with Crippen LogP contribution in [0.5, 0.6) is 0 Å². The molecule has 4 nitrogen and oxygen atoms in total. The molecular weight excluding hydrogens is 284 g/mol. The Balaban J connectivity index is 1.49. The van der Waals surface area contributed by atoms with Gasteiger partial charge >= 0.3 is 6.03 Å². The Hall–Kier alpha value is -1.49. The lowest BCUT2D eigenvalue weighted by Gasteiger charge is -2.20. The van der Waals surface area contributed by atoms with Gasteiger partial charge in [-0.15, -0.1) is 0 Å². The molecule has 1 saturated heterocycles. The van der Waals surface area contributed by atoms with Crippen molar-refractivity contribution in [3.05, 3.63) is 35.9 Å². The molecule has 0 aromatic heterocycles. The summed E-state index contributed by atoms with van der Waals surface area (Å²) < 4.78 is 0. The molecule has 1 atom stereocenters. The Labute approximate surface area is 129 Å². The first-order valence-corrected chi connectivity index (χ1v) is 8.52. The summed E-state index contributed by atoms with van der Waals surface area (Å²) in [5.41, 5.74) is 0.615.